The Bertz CT molecular complexity index is 290. The molecule has 3 rings (SSSR count). The number of allylic oxidation sites excluding steroid dienone is 3. The van der Waals surface area contributed by atoms with Crippen LogP contribution >= 0.6 is 0 Å². The molecule has 3 atom stereocenters. The van der Waals surface area contributed by atoms with Gasteiger partial charge in [0.15, 0.2) is 0 Å². The summed E-state index contributed by atoms with van der Waals surface area (Å²) in [6, 6.07) is 0. The maximum atomic E-state index is 4.56. The van der Waals surface area contributed by atoms with Gasteiger partial charge in [0.05, 0.1) is 0 Å². The highest BCUT2D eigenvalue weighted by molar-refractivity contribution is 5.62. The molecule has 1 fully saturated rings. The van der Waals surface area contributed by atoms with Gasteiger partial charge >= 0.3 is 0 Å². The predicted octanol–water partition coefficient (Wildman–Crippen LogP) is 1.46. The zero-order valence-corrected chi connectivity index (χ0v) is 7.63. The van der Waals surface area contributed by atoms with Gasteiger partial charge in [-0.1, -0.05) is 24.3 Å². The van der Waals surface area contributed by atoms with E-state index in [-0.39, 0.29) is 0 Å². The van der Waals surface area contributed by atoms with Crippen molar-refractivity contribution in [3.8, 4) is 0 Å². The van der Waals surface area contributed by atoms with Crippen LogP contribution in [0.4, 0.5) is 0 Å². The number of hydrogen-bond acceptors (Lipinski definition) is 2. The van der Waals surface area contributed by atoms with E-state index < -0.39 is 0 Å². The van der Waals surface area contributed by atoms with Crippen molar-refractivity contribution in [3.63, 3.8) is 0 Å². The van der Waals surface area contributed by atoms with Gasteiger partial charge in [0, 0.05) is 25.2 Å². The highest BCUT2D eigenvalue weighted by Gasteiger charge is 2.37. The summed E-state index contributed by atoms with van der Waals surface area (Å²) in [5.74, 6) is 1.37. The zero-order chi connectivity index (χ0) is 8.67. The van der Waals surface area contributed by atoms with Crippen LogP contribution in [0.3, 0.4) is 0 Å². The molecule has 2 nitrogen and oxygen atoms in total. The van der Waals surface area contributed by atoms with Crippen LogP contribution in [0.2, 0.25) is 0 Å². The Morgan fingerprint density at radius 1 is 1.23 bits per heavy atom. The van der Waals surface area contributed by atoms with Crippen molar-refractivity contribution in [3.05, 3.63) is 24.3 Å². The number of hydrogen-bond donors (Lipinski definition) is 0. The molecule has 0 amide bonds. The normalized spacial score (nSPS) is 42.0. The third-order valence-corrected chi connectivity index (χ3v) is 3.34. The van der Waals surface area contributed by atoms with Gasteiger partial charge in [-0.2, -0.15) is 0 Å². The Morgan fingerprint density at radius 3 is 3.15 bits per heavy atom. The second-order valence-corrected chi connectivity index (χ2v) is 4.04. The quantitative estimate of drug-likeness (QED) is 0.543. The van der Waals surface area contributed by atoms with Crippen LogP contribution in [0.15, 0.2) is 29.3 Å². The highest BCUT2D eigenvalue weighted by Crippen LogP contribution is 2.35. The third kappa shape index (κ3) is 1.09. The van der Waals surface area contributed by atoms with Gasteiger partial charge in [0.1, 0.15) is 6.17 Å². The first kappa shape index (κ1) is 7.51. The fourth-order valence-electron chi connectivity index (χ4n) is 2.62. The highest BCUT2D eigenvalue weighted by atomic mass is 15.3. The molecule has 3 unspecified atom stereocenters. The lowest BCUT2D eigenvalue weighted by Gasteiger charge is -2.39. The molecule has 1 saturated heterocycles. The van der Waals surface area contributed by atoms with Crippen LogP contribution in [0, 0.1) is 11.8 Å². The van der Waals surface area contributed by atoms with Crippen molar-refractivity contribution in [1.29, 1.82) is 0 Å². The molecule has 0 spiro atoms. The third-order valence-electron chi connectivity index (χ3n) is 3.34. The molecule has 0 saturated carbocycles. The van der Waals surface area contributed by atoms with Gasteiger partial charge in [-0.25, -0.2) is 0 Å². The molecule has 2 aliphatic heterocycles. The molecule has 0 radical (unpaired) electrons. The summed E-state index contributed by atoms with van der Waals surface area (Å²) in [6.45, 7) is 2.27. The van der Waals surface area contributed by atoms with E-state index in [1.807, 2.05) is 0 Å². The van der Waals surface area contributed by atoms with Crippen LogP contribution in [0.1, 0.15) is 6.42 Å². The average molecular weight is 174 g/mol. The van der Waals surface area contributed by atoms with Gasteiger partial charge in [0.25, 0.3) is 0 Å². The summed E-state index contributed by atoms with van der Waals surface area (Å²) < 4.78 is 0. The minimum Gasteiger partial charge on any atom is -0.276 e. The topological polar surface area (TPSA) is 15.6 Å². The molecule has 0 N–H and O–H groups in total. The molecule has 3 aliphatic rings. The van der Waals surface area contributed by atoms with E-state index in [1.54, 1.807) is 0 Å². The number of rotatable bonds is 0. The number of nitrogens with zero attached hydrogens (tertiary/aromatic N) is 2. The summed E-state index contributed by atoms with van der Waals surface area (Å²) in [6.07, 6.45) is 12.8. The summed E-state index contributed by atoms with van der Waals surface area (Å²) in [5.41, 5.74) is 0. The fourth-order valence-corrected chi connectivity index (χ4v) is 2.62. The second kappa shape index (κ2) is 2.81. The molecule has 2 heterocycles. The van der Waals surface area contributed by atoms with Crippen LogP contribution < -0.4 is 0 Å². The van der Waals surface area contributed by atoms with E-state index >= 15 is 0 Å². The maximum Gasteiger partial charge on any atom is 0.109 e. The first-order valence-electron chi connectivity index (χ1n) is 5.06. The monoisotopic (exact) mass is 174 g/mol. The van der Waals surface area contributed by atoms with E-state index in [2.05, 4.69) is 40.4 Å². The molecule has 13 heavy (non-hydrogen) atoms. The second-order valence-electron chi connectivity index (χ2n) is 4.04. The lowest BCUT2D eigenvalue weighted by atomic mass is 9.81. The maximum absolute atomic E-state index is 4.56. The van der Waals surface area contributed by atoms with Gasteiger partial charge in [-0.3, -0.25) is 9.89 Å². The summed E-state index contributed by atoms with van der Waals surface area (Å²) in [7, 11) is 0. The van der Waals surface area contributed by atoms with E-state index in [0.717, 1.165) is 12.5 Å². The first-order chi connectivity index (χ1) is 6.45. The Balaban J connectivity index is 1.90. The number of fused-ring (bicyclic) bond motifs is 3. The van der Waals surface area contributed by atoms with E-state index in [0.29, 0.717) is 12.1 Å². The molecule has 1 aliphatic carbocycles. The summed E-state index contributed by atoms with van der Waals surface area (Å²) in [5, 5.41) is 0. The van der Waals surface area contributed by atoms with Crippen LogP contribution in [-0.2, 0) is 0 Å². The Kier molecular flexibility index (Phi) is 1.62. The molecule has 68 valence electrons. The molecular weight excluding hydrogens is 160 g/mol. The Hall–Kier alpha value is -0.890. The molecule has 0 aromatic heterocycles. The molecule has 0 bridgehead atoms. The SMILES string of the molecule is C1=CC2CCN3CC=NC3C2C=C1. The van der Waals surface area contributed by atoms with Gasteiger partial charge in [-0.05, 0) is 12.3 Å². The average Bonchev–Trinajstić information content (AvgIpc) is 2.65. The smallest absolute Gasteiger partial charge is 0.109 e. The van der Waals surface area contributed by atoms with Crippen LogP contribution in [0.25, 0.3) is 0 Å². The van der Waals surface area contributed by atoms with E-state index in [9.17, 15) is 0 Å². The fraction of sp³-hybridized carbons (Fsp3) is 0.545. The van der Waals surface area contributed by atoms with Gasteiger partial charge < -0.3 is 0 Å². The minimum atomic E-state index is 0.444. The first-order valence-corrected chi connectivity index (χ1v) is 5.06. The van der Waals surface area contributed by atoms with Crippen LogP contribution in [-0.4, -0.2) is 30.4 Å². The lowest BCUT2D eigenvalue weighted by molar-refractivity contribution is 0.123. The van der Waals surface area contributed by atoms with Gasteiger partial charge in [-0.15, -0.1) is 0 Å². The molecule has 0 aromatic rings. The van der Waals surface area contributed by atoms with Crippen molar-refractivity contribution in [1.82, 2.24) is 4.90 Å². The van der Waals surface area contributed by atoms with Gasteiger partial charge in [0.2, 0.25) is 0 Å². The molecule has 0 aromatic carbocycles. The number of piperidine rings is 1. The predicted molar refractivity (Wildman–Crippen MR) is 53.7 cm³/mol. The lowest BCUT2D eigenvalue weighted by Crippen LogP contribution is -2.44. The molecule has 2 heteroatoms. The standard InChI is InChI=1S/C11H14N2/c1-2-4-10-9(3-1)5-7-13-8-6-12-11(10)13/h1-4,6,9-11H,5,7-8H2. The summed E-state index contributed by atoms with van der Waals surface area (Å²) >= 11 is 0. The number of aliphatic imine (C=N–C) groups is 1. The van der Waals surface area contributed by atoms with Crippen molar-refractivity contribution in [2.45, 2.75) is 12.6 Å². The van der Waals surface area contributed by atoms with Crippen molar-refractivity contribution in [2.75, 3.05) is 13.1 Å². The van der Waals surface area contributed by atoms with E-state index in [1.165, 1.54) is 13.0 Å². The van der Waals surface area contributed by atoms with E-state index in [4.69, 9.17) is 0 Å². The summed E-state index contributed by atoms with van der Waals surface area (Å²) in [4.78, 5) is 7.03. The Labute approximate surface area is 78.6 Å². The minimum absolute atomic E-state index is 0.444. The van der Waals surface area contributed by atoms with Crippen LogP contribution in [0.5, 0.6) is 0 Å². The molecular formula is C11H14N2. The Morgan fingerprint density at radius 2 is 2.15 bits per heavy atom. The van der Waals surface area contributed by atoms with Crippen molar-refractivity contribution >= 4 is 6.21 Å². The van der Waals surface area contributed by atoms with Crippen molar-refractivity contribution in [2.24, 2.45) is 16.8 Å². The largest absolute Gasteiger partial charge is 0.276 e. The van der Waals surface area contributed by atoms with Crippen molar-refractivity contribution < 1.29 is 0 Å². The zero-order valence-electron chi connectivity index (χ0n) is 7.63.